The third kappa shape index (κ3) is 11.4. The highest BCUT2D eigenvalue weighted by Crippen LogP contribution is 2.49. The standard InChI is InChI=1S/C33H24N4.C21H18ClN3O.C21H16ClN3.C13H10.2CH4/c1-33(2)25-10-7-11-27-31(25)37(32(35-27)21-16-18-34-19-17-21)30-15-14-22(20-26(30)33)36-28-12-5-3-8-23(28)24-9-4-6-13-29(24)36;1-21(2,26)16-13-15(22)7-8-18(16)25-19-6-4-3-5-17(19)24-20(25)14-9-11-23-12-10-14;1-21(2)15-4-3-5-17-19(15)25(18-7-6-14(22)12-16(18)21)20(24-17)13-8-10-23-11-9-13;1-3-7-12-10(5-1)9-11-6-2-4-8-13(11)12;;/h3-20H,1-2H3;3-13,26H,1-2H3;3-12H,1-2H3;1-8H,9H2;2*1H4. The fourth-order valence-corrected chi connectivity index (χ4v) is 15.8. The molecule has 7 aromatic heterocycles. The normalized spacial score (nSPS) is 13.1. The van der Waals surface area contributed by atoms with Crippen molar-refractivity contribution in [3.63, 3.8) is 0 Å². The molecule has 13 heteroatoms. The molecule has 1 N–H and O–H groups in total. The van der Waals surface area contributed by atoms with Crippen LogP contribution < -0.4 is 0 Å². The Labute approximate surface area is 609 Å². The molecule has 17 aromatic rings. The van der Waals surface area contributed by atoms with Crippen molar-refractivity contribution >= 4 is 78.1 Å². The van der Waals surface area contributed by atoms with Crippen LogP contribution in [0.3, 0.4) is 0 Å². The number of para-hydroxylation sites is 6. The summed E-state index contributed by atoms with van der Waals surface area (Å²) in [4.78, 5) is 27.3. The fourth-order valence-electron chi connectivity index (χ4n) is 15.4. The second-order valence-electron chi connectivity index (χ2n) is 27.5. The summed E-state index contributed by atoms with van der Waals surface area (Å²) < 4.78 is 9.07. The Balaban J connectivity index is 0.000000116. The Morgan fingerprint density at radius 3 is 1.27 bits per heavy atom. The van der Waals surface area contributed by atoms with Gasteiger partial charge in [0.1, 0.15) is 17.5 Å². The van der Waals surface area contributed by atoms with Crippen LogP contribution in [0.5, 0.6) is 0 Å². The van der Waals surface area contributed by atoms with Gasteiger partial charge in [-0.05, 0) is 192 Å². The Morgan fingerprint density at radius 1 is 0.369 bits per heavy atom. The quantitative estimate of drug-likeness (QED) is 0.176. The zero-order valence-electron chi connectivity index (χ0n) is 56.5. The van der Waals surface area contributed by atoms with Crippen LogP contribution in [0.4, 0.5) is 0 Å². The molecule has 10 aromatic carbocycles. The summed E-state index contributed by atoms with van der Waals surface area (Å²) in [5, 5.41) is 14.6. The average molecular weight is 1380 g/mol. The summed E-state index contributed by atoms with van der Waals surface area (Å²) in [6, 6.07) is 86.0. The van der Waals surface area contributed by atoms with Crippen LogP contribution in [0.25, 0.3) is 123 Å². The van der Waals surface area contributed by atoms with Crippen LogP contribution in [-0.4, -0.2) is 53.3 Å². The van der Waals surface area contributed by atoms with Crippen LogP contribution in [0.15, 0.2) is 286 Å². The SMILES string of the molecule is C.C.CC(C)(O)c1cc(Cl)ccc1-n1c(-c2ccncc2)nc2ccccc21.CC1(C)c2cc(-n3c4ccccc4c4ccccc43)ccc2-n2c(-c3ccncc3)nc3cccc1c32.CC1(C)c2cc(Cl)ccc2-n2c(-c3ccncc3)nc3cccc1c32.c1ccc2c(c1)Cc1ccccc1-2. The Kier molecular flexibility index (Phi) is 17.2. The van der Waals surface area contributed by atoms with E-state index in [4.69, 9.17) is 38.2 Å². The Morgan fingerprint density at radius 2 is 0.767 bits per heavy atom. The van der Waals surface area contributed by atoms with Gasteiger partial charge in [0.25, 0.3) is 0 Å². The molecule has 0 atom stereocenters. The van der Waals surface area contributed by atoms with E-state index in [1.807, 2.05) is 97.3 Å². The van der Waals surface area contributed by atoms with Crippen molar-refractivity contribution in [2.75, 3.05) is 0 Å². The van der Waals surface area contributed by atoms with Gasteiger partial charge in [0.05, 0.1) is 66.8 Å². The zero-order valence-corrected chi connectivity index (χ0v) is 58.0. The average Bonchev–Trinajstić information content (AvgIpc) is 1.62. The lowest BCUT2D eigenvalue weighted by atomic mass is 9.74. The molecule has 2 aliphatic heterocycles. The first-order chi connectivity index (χ1) is 49.1. The third-order valence-electron chi connectivity index (χ3n) is 20.2. The van der Waals surface area contributed by atoms with Crippen molar-refractivity contribution in [3.8, 4) is 68.0 Å². The molecule has 0 saturated heterocycles. The van der Waals surface area contributed by atoms with Gasteiger partial charge in [-0.25, -0.2) is 15.0 Å². The number of rotatable bonds is 6. The summed E-state index contributed by atoms with van der Waals surface area (Å²) in [6.07, 6.45) is 11.9. The topological polar surface area (TPSA) is 117 Å². The number of pyridine rings is 3. The second-order valence-corrected chi connectivity index (χ2v) is 28.4. The van der Waals surface area contributed by atoms with E-state index in [1.165, 1.54) is 88.7 Å². The van der Waals surface area contributed by atoms with Crippen LogP contribution in [0.1, 0.15) is 95.3 Å². The highest BCUT2D eigenvalue weighted by molar-refractivity contribution is 6.31. The number of fused-ring (bicyclic) bond motifs is 11. The summed E-state index contributed by atoms with van der Waals surface area (Å²) in [6.45, 7) is 12.7. The van der Waals surface area contributed by atoms with Crippen molar-refractivity contribution in [2.24, 2.45) is 0 Å². The molecular weight excluding hydrogens is 1310 g/mol. The predicted molar refractivity (Wildman–Crippen MR) is 425 cm³/mol. The number of halogens is 2. The lowest BCUT2D eigenvalue weighted by Crippen LogP contribution is -2.26. The van der Waals surface area contributed by atoms with Gasteiger partial charge in [0, 0.05) is 96.8 Å². The van der Waals surface area contributed by atoms with E-state index in [-0.39, 0.29) is 25.7 Å². The summed E-state index contributed by atoms with van der Waals surface area (Å²) in [5.41, 5.74) is 26.3. The van der Waals surface area contributed by atoms with Gasteiger partial charge in [-0.1, -0.05) is 187 Å². The molecule has 9 heterocycles. The highest BCUT2D eigenvalue weighted by atomic mass is 35.5. The zero-order chi connectivity index (χ0) is 68.9. The van der Waals surface area contributed by atoms with Crippen LogP contribution in [0, 0.1) is 0 Å². The lowest BCUT2D eigenvalue weighted by Gasteiger charge is -2.35. The van der Waals surface area contributed by atoms with E-state index >= 15 is 0 Å². The van der Waals surface area contributed by atoms with Crippen molar-refractivity contribution < 1.29 is 5.11 Å². The van der Waals surface area contributed by atoms with Gasteiger partial charge in [0.15, 0.2) is 0 Å². The van der Waals surface area contributed by atoms with Gasteiger partial charge in [0.2, 0.25) is 0 Å². The molecule has 0 bridgehead atoms. The molecule has 103 heavy (non-hydrogen) atoms. The minimum atomic E-state index is -1.05. The molecule has 11 nitrogen and oxygen atoms in total. The molecule has 0 unspecified atom stereocenters. The number of hydrogen-bond acceptors (Lipinski definition) is 7. The summed E-state index contributed by atoms with van der Waals surface area (Å²) in [5.74, 6) is 2.68. The maximum absolute atomic E-state index is 10.7. The molecular formula is C90H76Cl2N10O. The fraction of sp³-hybridized carbons (Fsp3) is 0.133. The number of imidazole rings is 3. The van der Waals surface area contributed by atoms with E-state index in [9.17, 15) is 5.11 Å². The lowest BCUT2D eigenvalue weighted by molar-refractivity contribution is 0.0786. The first-order valence-electron chi connectivity index (χ1n) is 34.0. The minimum absolute atomic E-state index is 0. The van der Waals surface area contributed by atoms with Gasteiger partial charge >= 0.3 is 0 Å². The van der Waals surface area contributed by atoms with Crippen molar-refractivity contribution in [3.05, 3.63) is 335 Å². The molecule has 0 fully saturated rings. The molecule has 20 rings (SSSR count). The summed E-state index contributed by atoms with van der Waals surface area (Å²) >= 11 is 12.5. The maximum atomic E-state index is 10.7. The predicted octanol–water partition coefficient (Wildman–Crippen LogP) is 22.7. The van der Waals surface area contributed by atoms with Crippen LogP contribution >= 0.6 is 23.2 Å². The number of aromatic nitrogens is 10. The van der Waals surface area contributed by atoms with E-state index in [2.05, 4.69) is 225 Å². The van der Waals surface area contributed by atoms with Gasteiger partial charge in [-0.2, -0.15) is 0 Å². The third-order valence-corrected chi connectivity index (χ3v) is 20.7. The molecule has 3 aliphatic rings. The first kappa shape index (κ1) is 67.2. The first-order valence-corrected chi connectivity index (χ1v) is 34.7. The van der Waals surface area contributed by atoms with Crippen molar-refractivity contribution in [2.45, 2.75) is 79.2 Å². The van der Waals surface area contributed by atoms with E-state index in [1.54, 1.807) is 38.6 Å². The molecule has 0 saturated carbocycles. The van der Waals surface area contributed by atoms with Crippen LogP contribution in [0.2, 0.25) is 10.0 Å². The van der Waals surface area contributed by atoms with E-state index < -0.39 is 5.60 Å². The highest BCUT2D eigenvalue weighted by Gasteiger charge is 2.38. The van der Waals surface area contributed by atoms with Crippen LogP contribution in [-0.2, 0) is 22.9 Å². The van der Waals surface area contributed by atoms with Gasteiger partial charge in [-0.3, -0.25) is 28.7 Å². The van der Waals surface area contributed by atoms with Crippen molar-refractivity contribution in [1.29, 1.82) is 0 Å². The molecule has 0 amide bonds. The molecule has 506 valence electrons. The Bertz CT molecular complexity index is 5980. The Hall–Kier alpha value is -11.6. The number of nitrogens with zero attached hydrogens (tertiary/aromatic N) is 10. The summed E-state index contributed by atoms with van der Waals surface area (Å²) in [7, 11) is 0. The van der Waals surface area contributed by atoms with Crippen molar-refractivity contribution in [1.82, 2.24) is 48.2 Å². The maximum Gasteiger partial charge on any atom is 0.145 e. The molecule has 0 radical (unpaired) electrons. The second kappa shape index (κ2) is 26.4. The molecule has 1 aliphatic carbocycles. The molecule has 0 spiro atoms. The monoisotopic (exact) mass is 1380 g/mol. The van der Waals surface area contributed by atoms with E-state index in [0.29, 0.717) is 5.02 Å². The van der Waals surface area contributed by atoms with Gasteiger partial charge < -0.3 is 9.67 Å². The smallest absolute Gasteiger partial charge is 0.145 e. The minimum Gasteiger partial charge on any atom is -0.386 e. The number of benzene rings is 10. The van der Waals surface area contributed by atoms with E-state index in [0.717, 1.165) is 84.6 Å². The number of aliphatic hydroxyl groups is 1. The van der Waals surface area contributed by atoms with Gasteiger partial charge in [-0.15, -0.1) is 0 Å². The largest absolute Gasteiger partial charge is 0.386 e. The number of hydrogen-bond donors (Lipinski definition) is 1.